The predicted molar refractivity (Wildman–Crippen MR) is 132 cm³/mol. The average molecular weight is 543 g/mol. The van der Waals surface area contributed by atoms with Crippen LogP contribution in [0.4, 0.5) is 5.69 Å². The largest absolute Gasteiger partial charge is 0.378 e. The molecule has 0 atom stereocenters. The molecule has 0 spiro atoms. The summed E-state index contributed by atoms with van der Waals surface area (Å²) in [4.78, 5) is 18.2. The fraction of sp³-hybridized carbons (Fsp3) is 0.105. The molecule has 154 valence electrons. The molecule has 11 heteroatoms. The highest BCUT2D eigenvalue weighted by molar-refractivity contribution is 9.10. The summed E-state index contributed by atoms with van der Waals surface area (Å²) in [5.41, 5.74) is 2.00. The second-order valence-corrected chi connectivity index (χ2v) is 8.55. The summed E-state index contributed by atoms with van der Waals surface area (Å²) in [6.45, 7) is 1.82. The SMILES string of the molecule is CNC(=S)C(=S)c1cc(Cl)cc(C)c1NC(=O)c1cc(Br)nn1-c1ncccc1Cl. The van der Waals surface area contributed by atoms with Gasteiger partial charge in [-0.3, -0.25) is 4.79 Å². The Morgan fingerprint density at radius 2 is 1.97 bits per heavy atom. The molecule has 0 aliphatic carbocycles. The topological polar surface area (TPSA) is 71.8 Å². The predicted octanol–water partition coefficient (Wildman–Crippen LogP) is 5.16. The fourth-order valence-electron chi connectivity index (χ4n) is 2.71. The molecule has 2 N–H and O–H groups in total. The van der Waals surface area contributed by atoms with Crippen LogP contribution in [0.5, 0.6) is 0 Å². The molecule has 0 unspecified atom stereocenters. The van der Waals surface area contributed by atoms with Crippen LogP contribution in [-0.4, -0.2) is 37.6 Å². The zero-order valence-corrected chi connectivity index (χ0v) is 20.4. The highest BCUT2D eigenvalue weighted by Crippen LogP contribution is 2.28. The molecule has 0 aliphatic heterocycles. The number of aromatic nitrogens is 3. The Kier molecular flexibility index (Phi) is 7.20. The molecular formula is C19H14BrCl2N5OS2. The minimum atomic E-state index is -0.431. The standard InChI is InChI=1S/C19H14BrCl2N5OS2/c1-9-6-10(21)7-11(16(29)19(30)23-2)15(9)25-18(28)13-8-14(20)26-27(13)17-12(22)4-3-5-24-17/h3-8H,1-2H3,(H,23,30)(H,25,28). The molecule has 0 radical (unpaired) electrons. The summed E-state index contributed by atoms with van der Waals surface area (Å²) in [5.74, 6) is -0.102. The van der Waals surface area contributed by atoms with E-state index in [2.05, 4.69) is 36.6 Å². The van der Waals surface area contributed by atoms with Crippen LogP contribution >= 0.6 is 63.6 Å². The number of anilines is 1. The summed E-state index contributed by atoms with van der Waals surface area (Å²) in [6, 6.07) is 8.33. The monoisotopic (exact) mass is 541 g/mol. The van der Waals surface area contributed by atoms with Gasteiger partial charge in [-0.25, -0.2) is 9.67 Å². The molecule has 30 heavy (non-hydrogen) atoms. The molecule has 1 amide bonds. The maximum absolute atomic E-state index is 13.2. The number of likely N-dealkylation sites (N-methyl/N-ethyl adjacent to an activating group) is 1. The quantitative estimate of drug-likeness (QED) is 0.342. The van der Waals surface area contributed by atoms with Gasteiger partial charge in [0, 0.05) is 29.9 Å². The molecule has 0 fully saturated rings. The molecule has 0 aliphatic rings. The van der Waals surface area contributed by atoms with Gasteiger partial charge < -0.3 is 10.6 Å². The van der Waals surface area contributed by atoms with E-state index in [1.165, 1.54) is 4.68 Å². The molecule has 2 aromatic heterocycles. The summed E-state index contributed by atoms with van der Waals surface area (Å²) >= 11 is 26.5. The Morgan fingerprint density at radius 3 is 2.63 bits per heavy atom. The van der Waals surface area contributed by atoms with Crippen LogP contribution in [0, 0.1) is 6.92 Å². The molecule has 6 nitrogen and oxygen atoms in total. The molecule has 0 saturated carbocycles. The van der Waals surface area contributed by atoms with Gasteiger partial charge in [0.05, 0.1) is 15.6 Å². The van der Waals surface area contributed by atoms with E-state index in [0.29, 0.717) is 41.6 Å². The summed E-state index contributed by atoms with van der Waals surface area (Å²) < 4.78 is 1.82. The van der Waals surface area contributed by atoms with Crippen LogP contribution in [0.25, 0.3) is 5.82 Å². The lowest BCUT2D eigenvalue weighted by molar-refractivity contribution is 0.101. The van der Waals surface area contributed by atoms with Crippen molar-refractivity contribution < 1.29 is 4.79 Å². The third-order valence-corrected chi connectivity index (χ3v) is 5.93. The van der Waals surface area contributed by atoms with E-state index in [1.807, 2.05) is 6.92 Å². The van der Waals surface area contributed by atoms with Crippen molar-refractivity contribution in [1.29, 1.82) is 0 Å². The van der Waals surface area contributed by atoms with Gasteiger partial charge in [-0.05, 0) is 52.7 Å². The van der Waals surface area contributed by atoms with Crippen molar-refractivity contribution in [1.82, 2.24) is 20.1 Å². The molecule has 1 aromatic carbocycles. The average Bonchev–Trinajstić information content (AvgIpc) is 3.10. The second kappa shape index (κ2) is 9.49. The number of rotatable bonds is 5. The van der Waals surface area contributed by atoms with Crippen molar-refractivity contribution in [2.24, 2.45) is 0 Å². The van der Waals surface area contributed by atoms with Crippen LogP contribution in [0.1, 0.15) is 21.6 Å². The number of thiocarbonyl (C=S) groups is 2. The molecule has 0 bridgehead atoms. The van der Waals surface area contributed by atoms with Gasteiger partial charge in [-0.15, -0.1) is 0 Å². The fourth-order valence-corrected chi connectivity index (χ4v) is 3.93. The number of aryl methyl sites for hydroxylation is 1. The van der Waals surface area contributed by atoms with E-state index in [1.54, 1.807) is 43.6 Å². The van der Waals surface area contributed by atoms with Gasteiger partial charge in [0.2, 0.25) is 0 Å². The first-order chi connectivity index (χ1) is 14.2. The Hall–Kier alpha value is -1.91. The van der Waals surface area contributed by atoms with E-state index in [9.17, 15) is 4.79 Å². The van der Waals surface area contributed by atoms with Crippen molar-refractivity contribution in [3.05, 3.63) is 68.0 Å². The number of nitrogens with one attached hydrogen (secondary N) is 2. The zero-order chi connectivity index (χ0) is 22.0. The lowest BCUT2D eigenvalue weighted by Gasteiger charge is -2.16. The maximum Gasteiger partial charge on any atom is 0.274 e. The maximum atomic E-state index is 13.2. The van der Waals surface area contributed by atoms with Crippen molar-refractivity contribution >= 4 is 85.0 Å². The Morgan fingerprint density at radius 1 is 1.23 bits per heavy atom. The molecular weight excluding hydrogens is 529 g/mol. The van der Waals surface area contributed by atoms with E-state index < -0.39 is 5.91 Å². The van der Waals surface area contributed by atoms with E-state index >= 15 is 0 Å². The summed E-state index contributed by atoms with van der Waals surface area (Å²) in [5, 5.41) is 10.9. The van der Waals surface area contributed by atoms with Crippen LogP contribution in [0.2, 0.25) is 10.0 Å². The van der Waals surface area contributed by atoms with Gasteiger partial charge in [-0.1, -0.05) is 47.6 Å². The van der Waals surface area contributed by atoms with Crippen molar-refractivity contribution in [2.45, 2.75) is 6.92 Å². The number of benzene rings is 1. The first kappa shape index (κ1) is 22.8. The van der Waals surface area contributed by atoms with Crippen LogP contribution in [0.3, 0.4) is 0 Å². The van der Waals surface area contributed by atoms with Crippen LogP contribution < -0.4 is 10.6 Å². The van der Waals surface area contributed by atoms with E-state index in [0.717, 1.165) is 5.56 Å². The summed E-state index contributed by atoms with van der Waals surface area (Å²) in [6.07, 6.45) is 1.57. The molecule has 3 rings (SSSR count). The van der Waals surface area contributed by atoms with Crippen LogP contribution in [-0.2, 0) is 0 Å². The second-order valence-electron chi connectivity index (χ2n) is 6.08. The van der Waals surface area contributed by atoms with Crippen molar-refractivity contribution in [3.8, 4) is 5.82 Å². The Balaban J connectivity index is 2.06. The van der Waals surface area contributed by atoms with E-state index in [4.69, 9.17) is 47.6 Å². The van der Waals surface area contributed by atoms with Crippen LogP contribution in [0.15, 0.2) is 41.1 Å². The van der Waals surface area contributed by atoms with Gasteiger partial charge in [-0.2, -0.15) is 5.10 Å². The number of nitrogens with zero attached hydrogens (tertiary/aromatic N) is 3. The van der Waals surface area contributed by atoms with Gasteiger partial charge in [0.15, 0.2) is 5.82 Å². The van der Waals surface area contributed by atoms with Gasteiger partial charge in [0.1, 0.15) is 15.3 Å². The number of carbonyl (C=O) groups is 1. The normalized spacial score (nSPS) is 10.6. The van der Waals surface area contributed by atoms with E-state index in [-0.39, 0.29) is 5.69 Å². The Labute approximate surface area is 202 Å². The number of halogens is 3. The minimum Gasteiger partial charge on any atom is -0.378 e. The highest BCUT2D eigenvalue weighted by Gasteiger charge is 2.22. The number of carbonyl (C=O) groups excluding carboxylic acids is 1. The lowest BCUT2D eigenvalue weighted by Crippen LogP contribution is -2.27. The van der Waals surface area contributed by atoms with Crippen molar-refractivity contribution in [2.75, 3.05) is 12.4 Å². The molecule has 3 aromatic rings. The smallest absolute Gasteiger partial charge is 0.274 e. The lowest BCUT2D eigenvalue weighted by atomic mass is 10.0. The molecule has 0 saturated heterocycles. The number of pyridine rings is 1. The zero-order valence-electron chi connectivity index (χ0n) is 15.7. The third-order valence-electron chi connectivity index (χ3n) is 4.07. The highest BCUT2D eigenvalue weighted by atomic mass is 79.9. The van der Waals surface area contributed by atoms with Gasteiger partial charge in [0.25, 0.3) is 5.91 Å². The third kappa shape index (κ3) is 4.70. The number of hydrogen-bond acceptors (Lipinski definition) is 5. The minimum absolute atomic E-state index is 0.227. The Bertz CT molecular complexity index is 1180. The van der Waals surface area contributed by atoms with Gasteiger partial charge >= 0.3 is 0 Å². The summed E-state index contributed by atoms with van der Waals surface area (Å²) in [7, 11) is 1.68. The first-order valence-electron chi connectivity index (χ1n) is 8.47. The number of hydrogen-bond donors (Lipinski definition) is 2. The molecule has 2 heterocycles. The van der Waals surface area contributed by atoms with Crippen molar-refractivity contribution in [3.63, 3.8) is 0 Å². The number of amides is 1. The first-order valence-corrected chi connectivity index (χ1v) is 10.8.